The van der Waals surface area contributed by atoms with Gasteiger partial charge in [-0.3, -0.25) is 4.79 Å². The van der Waals surface area contributed by atoms with Crippen molar-refractivity contribution >= 4 is 34.3 Å². The van der Waals surface area contributed by atoms with Crippen LogP contribution in [0.25, 0.3) is 0 Å². The molecule has 1 unspecified atom stereocenters. The van der Waals surface area contributed by atoms with Crippen molar-refractivity contribution < 1.29 is 9.90 Å². The number of aliphatic carboxylic acids is 1. The summed E-state index contributed by atoms with van der Waals surface area (Å²) in [5.41, 5.74) is 0. The Morgan fingerprint density at radius 1 is 1.83 bits per heavy atom. The highest BCUT2D eigenvalue weighted by atomic mass is 32.2. The molecule has 0 aliphatic carbocycles. The summed E-state index contributed by atoms with van der Waals surface area (Å²) < 4.78 is 0.843. The van der Waals surface area contributed by atoms with E-state index < -0.39 is 5.97 Å². The van der Waals surface area contributed by atoms with Crippen molar-refractivity contribution in [3.05, 3.63) is 0 Å². The summed E-state index contributed by atoms with van der Waals surface area (Å²) in [6, 6.07) is 0. The van der Waals surface area contributed by atoms with Gasteiger partial charge in [0.05, 0.1) is 0 Å². The van der Waals surface area contributed by atoms with Crippen molar-refractivity contribution in [2.24, 2.45) is 0 Å². The first-order chi connectivity index (χ1) is 5.68. The van der Waals surface area contributed by atoms with Crippen molar-refractivity contribution in [2.45, 2.75) is 24.5 Å². The second-order valence-electron chi connectivity index (χ2n) is 2.69. The monoisotopic (exact) mass is 205 g/mol. The van der Waals surface area contributed by atoms with Crippen molar-refractivity contribution in [3.8, 4) is 0 Å². The normalized spacial score (nSPS) is 22.3. The maximum absolute atomic E-state index is 10.2. The maximum Gasteiger partial charge on any atom is 0.303 e. The van der Waals surface area contributed by atoms with E-state index in [1.165, 1.54) is 0 Å². The summed E-state index contributed by atoms with van der Waals surface area (Å²) in [5, 5.41) is 11.9. The predicted octanol–water partition coefficient (Wildman–Crippen LogP) is 1.23. The van der Waals surface area contributed by atoms with Crippen molar-refractivity contribution in [1.82, 2.24) is 5.32 Å². The van der Waals surface area contributed by atoms with E-state index in [2.05, 4.69) is 5.32 Å². The van der Waals surface area contributed by atoms with E-state index in [0.717, 1.165) is 23.7 Å². The van der Waals surface area contributed by atoms with Crippen molar-refractivity contribution in [2.75, 3.05) is 6.54 Å². The van der Waals surface area contributed by atoms with Crippen molar-refractivity contribution in [1.29, 1.82) is 0 Å². The molecule has 68 valence electrons. The molecule has 5 heteroatoms. The Bertz CT molecular complexity index is 196. The molecule has 12 heavy (non-hydrogen) atoms. The molecule has 1 heterocycles. The van der Waals surface area contributed by atoms with Crippen LogP contribution in [0.2, 0.25) is 0 Å². The highest BCUT2D eigenvalue weighted by Gasteiger charge is 2.18. The van der Waals surface area contributed by atoms with Gasteiger partial charge in [0.1, 0.15) is 4.32 Å². The maximum atomic E-state index is 10.2. The van der Waals surface area contributed by atoms with Crippen LogP contribution >= 0.6 is 24.0 Å². The third-order valence-electron chi connectivity index (χ3n) is 1.66. The fourth-order valence-electron chi connectivity index (χ4n) is 1.07. The van der Waals surface area contributed by atoms with Crippen LogP contribution in [0.5, 0.6) is 0 Å². The smallest absolute Gasteiger partial charge is 0.303 e. The Labute approximate surface area is 80.9 Å². The highest BCUT2D eigenvalue weighted by Crippen LogP contribution is 2.22. The minimum absolute atomic E-state index is 0.268. The van der Waals surface area contributed by atoms with Crippen LogP contribution in [0.4, 0.5) is 0 Å². The SMILES string of the molecule is O=C(O)CCCC1CNC(=S)S1. The molecule has 0 radical (unpaired) electrons. The summed E-state index contributed by atoms with van der Waals surface area (Å²) in [4.78, 5) is 10.2. The zero-order valence-electron chi connectivity index (χ0n) is 6.58. The summed E-state index contributed by atoms with van der Waals surface area (Å²) in [6.07, 6.45) is 1.95. The minimum atomic E-state index is -0.714. The lowest BCUT2D eigenvalue weighted by atomic mass is 10.2. The molecule has 3 nitrogen and oxygen atoms in total. The number of carboxylic acids is 1. The quantitative estimate of drug-likeness (QED) is 0.676. The molecule has 0 spiro atoms. The van der Waals surface area contributed by atoms with E-state index in [4.69, 9.17) is 17.3 Å². The van der Waals surface area contributed by atoms with Crippen LogP contribution < -0.4 is 5.32 Å². The Hall–Kier alpha value is -0.290. The average Bonchev–Trinajstić information content (AvgIpc) is 2.35. The van der Waals surface area contributed by atoms with Crippen LogP contribution in [-0.4, -0.2) is 27.2 Å². The summed E-state index contributed by atoms with van der Waals surface area (Å²) in [6.45, 7) is 0.892. The fraction of sp³-hybridized carbons (Fsp3) is 0.714. The Balaban J connectivity index is 2.08. The van der Waals surface area contributed by atoms with E-state index in [9.17, 15) is 4.79 Å². The number of hydrogen-bond donors (Lipinski definition) is 2. The number of carbonyl (C=O) groups is 1. The first kappa shape index (κ1) is 9.80. The van der Waals surface area contributed by atoms with Crippen LogP contribution in [0, 0.1) is 0 Å². The Kier molecular flexibility index (Phi) is 3.81. The molecule has 1 aliphatic heterocycles. The van der Waals surface area contributed by atoms with Gasteiger partial charge in [-0.2, -0.15) is 0 Å². The second kappa shape index (κ2) is 4.67. The Morgan fingerprint density at radius 3 is 3.08 bits per heavy atom. The second-order valence-corrected chi connectivity index (χ2v) is 4.67. The Morgan fingerprint density at radius 2 is 2.58 bits per heavy atom. The molecule has 0 aromatic heterocycles. The molecule has 0 aromatic rings. The first-order valence-electron chi connectivity index (χ1n) is 3.85. The van der Waals surface area contributed by atoms with E-state index >= 15 is 0 Å². The molecule has 1 saturated heterocycles. The summed E-state index contributed by atoms with van der Waals surface area (Å²) in [5.74, 6) is -0.714. The number of nitrogens with one attached hydrogen (secondary N) is 1. The number of hydrogen-bond acceptors (Lipinski definition) is 3. The zero-order chi connectivity index (χ0) is 8.97. The zero-order valence-corrected chi connectivity index (χ0v) is 8.21. The van der Waals surface area contributed by atoms with Gasteiger partial charge in [-0.05, 0) is 12.8 Å². The lowest BCUT2D eigenvalue weighted by molar-refractivity contribution is -0.137. The van der Waals surface area contributed by atoms with Crippen LogP contribution in [-0.2, 0) is 4.79 Å². The molecule has 1 aliphatic rings. The molecule has 0 amide bonds. The summed E-state index contributed by atoms with van der Waals surface area (Å²) >= 11 is 6.58. The molecular weight excluding hydrogens is 194 g/mol. The minimum Gasteiger partial charge on any atom is -0.481 e. The van der Waals surface area contributed by atoms with Gasteiger partial charge in [-0.1, -0.05) is 24.0 Å². The molecule has 1 atom stereocenters. The molecule has 1 fully saturated rings. The lowest BCUT2D eigenvalue weighted by Crippen LogP contribution is -2.14. The topological polar surface area (TPSA) is 49.3 Å². The molecule has 0 bridgehead atoms. The molecular formula is C7H11NO2S2. The van der Waals surface area contributed by atoms with Gasteiger partial charge >= 0.3 is 5.97 Å². The third kappa shape index (κ3) is 3.40. The number of carboxylic acid groups (broad SMARTS) is 1. The summed E-state index contributed by atoms with van der Waals surface area (Å²) in [7, 11) is 0. The van der Waals surface area contributed by atoms with Crippen molar-refractivity contribution in [3.63, 3.8) is 0 Å². The van der Waals surface area contributed by atoms with Crippen LogP contribution in [0.15, 0.2) is 0 Å². The van der Waals surface area contributed by atoms with Gasteiger partial charge < -0.3 is 10.4 Å². The van der Waals surface area contributed by atoms with Gasteiger partial charge in [0.15, 0.2) is 0 Å². The van der Waals surface area contributed by atoms with Gasteiger partial charge in [0.25, 0.3) is 0 Å². The third-order valence-corrected chi connectivity index (χ3v) is 3.19. The lowest BCUT2D eigenvalue weighted by Gasteiger charge is -2.03. The molecule has 2 N–H and O–H groups in total. The standard InChI is InChI=1S/C7H11NO2S2/c9-6(10)3-1-2-5-4-8-7(11)12-5/h5H,1-4H2,(H,8,11)(H,9,10). The number of thiocarbonyl (C=S) groups is 1. The van der Waals surface area contributed by atoms with Crippen LogP contribution in [0.1, 0.15) is 19.3 Å². The van der Waals surface area contributed by atoms with E-state index in [1.54, 1.807) is 11.8 Å². The fourth-order valence-corrected chi connectivity index (χ4v) is 2.49. The molecule has 0 saturated carbocycles. The van der Waals surface area contributed by atoms with Gasteiger partial charge in [0.2, 0.25) is 0 Å². The van der Waals surface area contributed by atoms with Gasteiger partial charge in [-0.25, -0.2) is 0 Å². The van der Waals surface area contributed by atoms with E-state index in [1.807, 2.05) is 0 Å². The first-order valence-corrected chi connectivity index (χ1v) is 5.13. The number of rotatable bonds is 4. The van der Waals surface area contributed by atoms with Crippen LogP contribution in [0.3, 0.4) is 0 Å². The van der Waals surface area contributed by atoms with E-state index in [0.29, 0.717) is 5.25 Å². The number of thioether (sulfide) groups is 1. The van der Waals surface area contributed by atoms with E-state index in [-0.39, 0.29) is 6.42 Å². The largest absolute Gasteiger partial charge is 0.481 e. The predicted molar refractivity (Wildman–Crippen MR) is 53.5 cm³/mol. The molecule has 0 aromatic carbocycles. The molecule has 1 rings (SSSR count). The highest BCUT2D eigenvalue weighted by molar-refractivity contribution is 8.23. The average molecular weight is 205 g/mol. The van der Waals surface area contributed by atoms with Gasteiger partial charge in [-0.15, -0.1) is 0 Å². The van der Waals surface area contributed by atoms with Gasteiger partial charge in [0, 0.05) is 18.2 Å².